The van der Waals surface area contributed by atoms with Crippen molar-refractivity contribution in [1.29, 1.82) is 0 Å². The van der Waals surface area contributed by atoms with E-state index in [2.05, 4.69) is 10.5 Å². The van der Waals surface area contributed by atoms with Gasteiger partial charge in [-0.25, -0.2) is 13.8 Å². The Bertz CT molecular complexity index is 983. The lowest BCUT2D eigenvalue weighted by Gasteiger charge is -2.27. The van der Waals surface area contributed by atoms with E-state index in [1.807, 2.05) is 0 Å². The molecule has 0 saturated carbocycles. The second kappa shape index (κ2) is 9.97. The normalized spacial score (nSPS) is 12.3. The van der Waals surface area contributed by atoms with Crippen LogP contribution in [0.25, 0.3) is 0 Å². The molecule has 1 atom stereocenters. The van der Waals surface area contributed by atoms with E-state index in [0.717, 1.165) is 10.6 Å². The highest BCUT2D eigenvalue weighted by atomic mass is 32.2. The molecule has 2 rings (SSSR count). The fourth-order valence-corrected chi connectivity index (χ4v) is 4.00. The van der Waals surface area contributed by atoms with E-state index in [4.69, 9.17) is 14.2 Å². The van der Waals surface area contributed by atoms with Gasteiger partial charge in [0, 0.05) is 5.56 Å². The molecule has 0 saturated heterocycles. The first-order valence-electron chi connectivity index (χ1n) is 8.90. The van der Waals surface area contributed by atoms with Gasteiger partial charge >= 0.3 is 0 Å². The summed E-state index contributed by atoms with van der Waals surface area (Å²) >= 11 is 0. The first-order chi connectivity index (χ1) is 14.2. The number of hydrogen-bond donors (Lipinski definition) is 1. The van der Waals surface area contributed by atoms with Gasteiger partial charge in [-0.2, -0.15) is 5.10 Å². The van der Waals surface area contributed by atoms with Crippen molar-refractivity contribution in [2.24, 2.45) is 5.10 Å². The third-order valence-electron chi connectivity index (χ3n) is 4.17. The quantitative estimate of drug-likeness (QED) is 0.477. The predicted octanol–water partition coefficient (Wildman–Crippen LogP) is 2.02. The summed E-state index contributed by atoms with van der Waals surface area (Å²) in [4.78, 5) is 12.5. The zero-order valence-corrected chi connectivity index (χ0v) is 18.3. The lowest BCUT2D eigenvalue weighted by molar-refractivity contribution is -0.121. The molecule has 0 spiro atoms. The lowest BCUT2D eigenvalue weighted by atomic mass is 10.2. The van der Waals surface area contributed by atoms with E-state index < -0.39 is 22.0 Å². The van der Waals surface area contributed by atoms with Crippen molar-refractivity contribution in [3.8, 4) is 17.2 Å². The molecule has 9 nitrogen and oxygen atoms in total. The fraction of sp³-hybridized carbons (Fsp3) is 0.300. The second-order valence-corrected chi connectivity index (χ2v) is 8.12. The van der Waals surface area contributed by atoms with Crippen LogP contribution >= 0.6 is 0 Å². The predicted molar refractivity (Wildman–Crippen MR) is 115 cm³/mol. The number of rotatable bonds is 9. The summed E-state index contributed by atoms with van der Waals surface area (Å²) < 4.78 is 41.3. The number of benzene rings is 2. The van der Waals surface area contributed by atoms with Gasteiger partial charge in [0.05, 0.1) is 39.5 Å². The van der Waals surface area contributed by atoms with Gasteiger partial charge in [-0.05, 0) is 31.2 Å². The molecule has 30 heavy (non-hydrogen) atoms. The van der Waals surface area contributed by atoms with Crippen molar-refractivity contribution in [2.45, 2.75) is 13.0 Å². The van der Waals surface area contributed by atoms with Crippen molar-refractivity contribution in [3.05, 3.63) is 48.0 Å². The average molecular weight is 436 g/mol. The summed E-state index contributed by atoms with van der Waals surface area (Å²) in [7, 11) is 0.787. The Balaban J connectivity index is 2.20. The van der Waals surface area contributed by atoms with E-state index >= 15 is 0 Å². The maximum Gasteiger partial charge on any atom is 0.263 e. The van der Waals surface area contributed by atoms with E-state index in [9.17, 15) is 13.2 Å². The summed E-state index contributed by atoms with van der Waals surface area (Å²) in [6.07, 6.45) is 2.44. The van der Waals surface area contributed by atoms with Gasteiger partial charge in [0.2, 0.25) is 15.8 Å². The first-order valence-corrected chi connectivity index (χ1v) is 10.7. The van der Waals surface area contributed by atoms with Gasteiger partial charge in [-0.15, -0.1) is 0 Å². The Labute approximate surface area is 176 Å². The number of methoxy groups -OCH3 is 3. The number of anilines is 1. The van der Waals surface area contributed by atoms with Gasteiger partial charge in [0.15, 0.2) is 11.5 Å². The van der Waals surface area contributed by atoms with Crippen molar-refractivity contribution in [2.75, 3.05) is 31.9 Å². The van der Waals surface area contributed by atoms with Crippen LogP contribution in [0.3, 0.4) is 0 Å². The third-order valence-corrected chi connectivity index (χ3v) is 5.42. The van der Waals surface area contributed by atoms with E-state index in [0.29, 0.717) is 28.5 Å². The molecule has 2 aromatic carbocycles. The van der Waals surface area contributed by atoms with Crippen LogP contribution in [-0.2, 0) is 14.8 Å². The van der Waals surface area contributed by atoms with E-state index in [1.165, 1.54) is 34.5 Å². The Morgan fingerprint density at radius 2 is 1.63 bits per heavy atom. The maximum absolute atomic E-state index is 12.5. The Kier molecular flexibility index (Phi) is 7.65. The van der Waals surface area contributed by atoms with Crippen molar-refractivity contribution < 1.29 is 27.4 Å². The van der Waals surface area contributed by atoms with Crippen LogP contribution in [0, 0.1) is 0 Å². The van der Waals surface area contributed by atoms with Gasteiger partial charge < -0.3 is 14.2 Å². The van der Waals surface area contributed by atoms with Crippen LogP contribution in [0.1, 0.15) is 12.5 Å². The van der Waals surface area contributed by atoms with Crippen molar-refractivity contribution in [1.82, 2.24) is 5.43 Å². The number of amides is 1. The Morgan fingerprint density at radius 3 is 2.10 bits per heavy atom. The average Bonchev–Trinajstić information content (AvgIpc) is 2.72. The number of para-hydroxylation sites is 1. The van der Waals surface area contributed by atoms with Gasteiger partial charge in [-0.3, -0.25) is 9.10 Å². The molecule has 0 aliphatic rings. The number of carbonyl (C=O) groups is 1. The van der Waals surface area contributed by atoms with E-state index in [1.54, 1.807) is 42.5 Å². The molecule has 0 radical (unpaired) electrons. The summed E-state index contributed by atoms with van der Waals surface area (Å²) in [5.41, 5.74) is 3.34. The molecule has 0 aliphatic carbocycles. The standard InChI is InChI=1S/C20H25N3O6S/c1-14(23(30(5,25)26)16-9-7-6-8-10-16)20(24)22-21-13-15-11-17(27-2)19(29-4)18(12-15)28-3/h6-14H,1-5H3,(H,22,24)/b21-13-/t14-/m1/s1. The molecule has 0 heterocycles. The van der Waals surface area contributed by atoms with Crippen LogP contribution in [0.5, 0.6) is 17.2 Å². The fourth-order valence-electron chi connectivity index (χ4n) is 2.82. The van der Waals surface area contributed by atoms with Crippen molar-refractivity contribution >= 4 is 27.8 Å². The molecule has 0 aromatic heterocycles. The number of nitrogens with zero attached hydrogens (tertiary/aromatic N) is 2. The Morgan fingerprint density at radius 1 is 1.07 bits per heavy atom. The summed E-state index contributed by atoms with van der Waals surface area (Å²) in [5, 5.41) is 3.93. The molecule has 0 bridgehead atoms. The molecule has 0 aliphatic heterocycles. The number of sulfonamides is 1. The topological polar surface area (TPSA) is 107 Å². The minimum Gasteiger partial charge on any atom is -0.493 e. The Hall–Kier alpha value is -3.27. The highest BCUT2D eigenvalue weighted by Gasteiger charge is 2.28. The van der Waals surface area contributed by atoms with Crippen LogP contribution < -0.4 is 23.9 Å². The SMILES string of the molecule is COc1cc(/C=N\NC(=O)[C@@H](C)N(c2ccccc2)S(C)(=O)=O)cc(OC)c1OC. The number of carbonyl (C=O) groups excluding carboxylic acids is 1. The number of hydrazone groups is 1. The summed E-state index contributed by atoms with van der Waals surface area (Å²) in [6.45, 7) is 1.48. The van der Waals surface area contributed by atoms with E-state index in [-0.39, 0.29) is 0 Å². The number of ether oxygens (including phenoxy) is 3. The van der Waals surface area contributed by atoms with Crippen LogP contribution in [0.15, 0.2) is 47.6 Å². The number of hydrogen-bond acceptors (Lipinski definition) is 7. The van der Waals surface area contributed by atoms with Crippen LogP contribution in [-0.4, -0.2) is 54.2 Å². The van der Waals surface area contributed by atoms with Gasteiger partial charge in [0.25, 0.3) is 5.91 Å². The first kappa shape index (κ1) is 23.0. The molecule has 0 fully saturated rings. The smallest absolute Gasteiger partial charge is 0.263 e. The molecule has 2 aromatic rings. The van der Waals surface area contributed by atoms with Gasteiger partial charge in [0.1, 0.15) is 6.04 Å². The highest BCUT2D eigenvalue weighted by molar-refractivity contribution is 7.92. The second-order valence-electron chi connectivity index (χ2n) is 6.26. The summed E-state index contributed by atoms with van der Waals surface area (Å²) in [5.74, 6) is 0.713. The third kappa shape index (κ3) is 5.41. The molecule has 1 N–H and O–H groups in total. The lowest BCUT2D eigenvalue weighted by Crippen LogP contribution is -2.46. The highest BCUT2D eigenvalue weighted by Crippen LogP contribution is 2.37. The summed E-state index contributed by atoms with van der Waals surface area (Å²) in [6, 6.07) is 10.7. The molecule has 0 unspecified atom stereocenters. The van der Waals surface area contributed by atoms with Crippen molar-refractivity contribution in [3.63, 3.8) is 0 Å². The molecule has 10 heteroatoms. The largest absolute Gasteiger partial charge is 0.493 e. The zero-order chi connectivity index (χ0) is 22.3. The minimum atomic E-state index is -3.69. The maximum atomic E-state index is 12.5. The molecular formula is C20H25N3O6S. The monoisotopic (exact) mass is 435 g/mol. The van der Waals surface area contributed by atoms with Gasteiger partial charge in [-0.1, -0.05) is 18.2 Å². The zero-order valence-electron chi connectivity index (χ0n) is 17.4. The molecule has 1 amide bonds. The molecular weight excluding hydrogens is 410 g/mol. The minimum absolute atomic E-state index is 0.385. The number of nitrogens with one attached hydrogen (secondary N) is 1. The molecule has 162 valence electrons. The van der Waals surface area contributed by atoms with Crippen LogP contribution in [0.2, 0.25) is 0 Å². The van der Waals surface area contributed by atoms with Crippen LogP contribution in [0.4, 0.5) is 5.69 Å².